The summed E-state index contributed by atoms with van der Waals surface area (Å²) in [6.45, 7) is 3.54. The minimum atomic E-state index is -2.92. The molecule has 0 amide bonds. The van der Waals surface area contributed by atoms with Crippen LogP contribution in [0.3, 0.4) is 0 Å². The SMILES string of the molecule is CCCCCCNC(N)=NCC1(CS(C)(=O)=O)CC1.I. The van der Waals surface area contributed by atoms with Crippen LogP contribution in [0, 0.1) is 5.41 Å². The quantitative estimate of drug-likeness (QED) is 0.260. The Morgan fingerprint density at radius 3 is 2.45 bits per heavy atom. The first-order valence-electron chi connectivity index (χ1n) is 7.08. The predicted molar refractivity (Wildman–Crippen MR) is 95.4 cm³/mol. The largest absolute Gasteiger partial charge is 0.370 e. The van der Waals surface area contributed by atoms with Crippen LogP contribution in [0.1, 0.15) is 45.4 Å². The van der Waals surface area contributed by atoms with Gasteiger partial charge in [0.25, 0.3) is 0 Å². The third-order valence-corrected chi connectivity index (χ3v) is 4.58. The Hall–Kier alpha value is -0.0500. The molecule has 0 heterocycles. The molecule has 0 radical (unpaired) electrons. The average Bonchev–Trinajstić information content (AvgIpc) is 3.04. The normalized spacial score (nSPS) is 17.4. The molecule has 0 aliphatic heterocycles. The lowest BCUT2D eigenvalue weighted by molar-refractivity contribution is 0.550. The Bertz CT molecular complexity index is 406. The zero-order chi connectivity index (χ0) is 14.4. The number of nitrogens with one attached hydrogen (secondary N) is 1. The number of unbranched alkanes of at least 4 members (excludes halogenated alkanes) is 3. The van der Waals surface area contributed by atoms with Gasteiger partial charge in [0, 0.05) is 24.8 Å². The van der Waals surface area contributed by atoms with Gasteiger partial charge >= 0.3 is 0 Å². The number of hydrogen-bond donors (Lipinski definition) is 2. The van der Waals surface area contributed by atoms with E-state index in [-0.39, 0.29) is 35.1 Å². The van der Waals surface area contributed by atoms with Gasteiger partial charge in [0.1, 0.15) is 9.84 Å². The molecule has 3 N–H and O–H groups in total. The summed E-state index contributed by atoms with van der Waals surface area (Å²) in [5.41, 5.74) is 5.64. The van der Waals surface area contributed by atoms with Crippen LogP contribution in [0.25, 0.3) is 0 Å². The lowest BCUT2D eigenvalue weighted by Gasteiger charge is -2.11. The molecule has 1 aliphatic rings. The summed E-state index contributed by atoms with van der Waals surface area (Å²) in [7, 11) is -2.92. The van der Waals surface area contributed by atoms with Gasteiger partial charge in [-0.3, -0.25) is 4.99 Å². The fourth-order valence-corrected chi connectivity index (χ4v) is 3.65. The highest BCUT2D eigenvalue weighted by atomic mass is 127. The highest BCUT2D eigenvalue weighted by Gasteiger charge is 2.45. The van der Waals surface area contributed by atoms with Crippen molar-refractivity contribution in [3.63, 3.8) is 0 Å². The molecule has 1 rings (SSSR count). The van der Waals surface area contributed by atoms with E-state index in [4.69, 9.17) is 5.73 Å². The van der Waals surface area contributed by atoms with E-state index in [9.17, 15) is 8.42 Å². The second-order valence-corrected chi connectivity index (χ2v) is 7.90. The van der Waals surface area contributed by atoms with Crippen molar-refractivity contribution < 1.29 is 8.42 Å². The first kappa shape index (κ1) is 19.9. The third-order valence-electron chi connectivity index (χ3n) is 3.45. The Labute approximate surface area is 140 Å². The molecule has 0 bridgehead atoms. The molecule has 0 aromatic heterocycles. The molecular formula is C13H28IN3O2S. The van der Waals surface area contributed by atoms with Crippen LogP contribution in [-0.4, -0.2) is 39.5 Å². The van der Waals surface area contributed by atoms with E-state index in [1.807, 2.05) is 0 Å². The lowest BCUT2D eigenvalue weighted by atomic mass is 10.1. The molecule has 7 heteroatoms. The minimum absolute atomic E-state index is 0. The smallest absolute Gasteiger partial charge is 0.188 e. The molecule has 0 aromatic rings. The number of rotatable bonds is 9. The van der Waals surface area contributed by atoms with Gasteiger partial charge < -0.3 is 11.1 Å². The molecule has 20 heavy (non-hydrogen) atoms. The van der Waals surface area contributed by atoms with Crippen molar-refractivity contribution in [2.75, 3.05) is 25.1 Å². The first-order valence-corrected chi connectivity index (χ1v) is 9.14. The van der Waals surface area contributed by atoms with Gasteiger partial charge in [0.05, 0.1) is 5.75 Å². The molecule has 1 aliphatic carbocycles. The maximum Gasteiger partial charge on any atom is 0.188 e. The number of aliphatic imine (C=N–C) groups is 1. The number of sulfone groups is 1. The van der Waals surface area contributed by atoms with Crippen LogP contribution in [0.15, 0.2) is 4.99 Å². The van der Waals surface area contributed by atoms with Crippen LogP contribution in [0.5, 0.6) is 0 Å². The van der Waals surface area contributed by atoms with Crippen LogP contribution < -0.4 is 11.1 Å². The second-order valence-electron chi connectivity index (χ2n) is 5.76. The molecule has 120 valence electrons. The number of guanidine groups is 1. The van der Waals surface area contributed by atoms with E-state index in [1.54, 1.807) is 0 Å². The zero-order valence-corrected chi connectivity index (χ0v) is 15.7. The van der Waals surface area contributed by atoms with E-state index in [0.29, 0.717) is 12.5 Å². The molecule has 0 aromatic carbocycles. The summed E-state index contributed by atoms with van der Waals surface area (Å²) in [4.78, 5) is 4.28. The van der Waals surface area contributed by atoms with Gasteiger partial charge in [-0.1, -0.05) is 26.2 Å². The Balaban J connectivity index is 0.00000361. The van der Waals surface area contributed by atoms with Crippen molar-refractivity contribution >= 4 is 39.8 Å². The monoisotopic (exact) mass is 417 g/mol. The van der Waals surface area contributed by atoms with Gasteiger partial charge in [-0.25, -0.2) is 8.42 Å². The van der Waals surface area contributed by atoms with E-state index in [1.165, 1.54) is 25.5 Å². The van der Waals surface area contributed by atoms with Gasteiger partial charge in [-0.05, 0) is 19.3 Å². The van der Waals surface area contributed by atoms with Gasteiger partial charge in [-0.2, -0.15) is 0 Å². The van der Waals surface area contributed by atoms with Crippen molar-refractivity contribution in [2.24, 2.45) is 16.1 Å². The van der Waals surface area contributed by atoms with E-state index in [0.717, 1.165) is 25.8 Å². The third kappa shape index (κ3) is 8.99. The number of nitrogens with two attached hydrogens (primary N) is 1. The fraction of sp³-hybridized carbons (Fsp3) is 0.923. The highest BCUT2D eigenvalue weighted by Crippen LogP contribution is 2.46. The van der Waals surface area contributed by atoms with Crippen molar-refractivity contribution in [2.45, 2.75) is 45.4 Å². The number of halogens is 1. The summed E-state index contributed by atoms with van der Waals surface area (Å²) in [5, 5.41) is 3.08. The zero-order valence-electron chi connectivity index (χ0n) is 12.5. The van der Waals surface area contributed by atoms with E-state index < -0.39 is 9.84 Å². The molecule has 0 unspecified atom stereocenters. The number of nitrogens with zero attached hydrogens (tertiary/aromatic N) is 1. The fourth-order valence-electron chi connectivity index (χ4n) is 2.16. The number of hydrogen-bond acceptors (Lipinski definition) is 3. The summed E-state index contributed by atoms with van der Waals surface area (Å²) in [6, 6.07) is 0. The second kappa shape index (κ2) is 9.07. The molecule has 0 spiro atoms. The average molecular weight is 417 g/mol. The van der Waals surface area contributed by atoms with E-state index >= 15 is 0 Å². The predicted octanol–water partition coefficient (Wildman–Crippen LogP) is 1.91. The lowest BCUT2D eigenvalue weighted by Crippen LogP contribution is -2.33. The molecule has 5 nitrogen and oxygen atoms in total. The van der Waals surface area contributed by atoms with Crippen molar-refractivity contribution in [1.82, 2.24) is 5.32 Å². The summed E-state index contributed by atoms with van der Waals surface area (Å²) in [5.74, 6) is 0.670. The van der Waals surface area contributed by atoms with Crippen molar-refractivity contribution in [3.05, 3.63) is 0 Å². The summed E-state index contributed by atoms with van der Waals surface area (Å²) >= 11 is 0. The van der Waals surface area contributed by atoms with Crippen molar-refractivity contribution in [1.29, 1.82) is 0 Å². The molecule has 1 saturated carbocycles. The topological polar surface area (TPSA) is 84.5 Å². The Kier molecular flexibility index (Phi) is 9.04. The van der Waals surface area contributed by atoms with Crippen LogP contribution in [0.2, 0.25) is 0 Å². The molecule has 0 saturated heterocycles. The maximum atomic E-state index is 11.3. The van der Waals surface area contributed by atoms with Gasteiger partial charge in [0.2, 0.25) is 0 Å². The highest BCUT2D eigenvalue weighted by molar-refractivity contribution is 14.0. The standard InChI is InChI=1S/C13H27N3O2S.HI/c1-3-4-5-6-9-15-12(14)16-10-13(7-8-13)11-19(2,17)18;/h3-11H2,1-2H3,(H3,14,15,16);1H. The van der Waals surface area contributed by atoms with Gasteiger partial charge in [-0.15, -0.1) is 24.0 Å². The van der Waals surface area contributed by atoms with Crippen LogP contribution >= 0.6 is 24.0 Å². The summed E-state index contributed by atoms with van der Waals surface area (Å²) in [6.07, 6.45) is 7.92. The molecule has 0 atom stereocenters. The molecule has 1 fully saturated rings. The van der Waals surface area contributed by atoms with Gasteiger partial charge in [0.15, 0.2) is 5.96 Å². The minimum Gasteiger partial charge on any atom is -0.370 e. The molecular weight excluding hydrogens is 389 g/mol. The Morgan fingerprint density at radius 1 is 1.30 bits per heavy atom. The van der Waals surface area contributed by atoms with Crippen molar-refractivity contribution in [3.8, 4) is 0 Å². The first-order chi connectivity index (χ1) is 8.87. The van der Waals surface area contributed by atoms with Crippen LogP contribution in [-0.2, 0) is 9.84 Å². The van der Waals surface area contributed by atoms with Crippen LogP contribution in [0.4, 0.5) is 0 Å². The summed E-state index contributed by atoms with van der Waals surface area (Å²) < 4.78 is 22.6. The van der Waals surface area contributed by atoms with E-state index in [2.05, 4.69) is 17.2 Å². The Morgan fingerprint density at radius 2 is 1.95 bits per heavy atom. The maximum absolute atomic E-state index is 11.3.